The number of aryl methyl sites for hydroxylation is 1. The van der Waals surface area contributed by atoms with Crippen LogP contribution in [-0.4, -0.2) is 30.9 Å². The molecule has 0 spiro atoms. The van der Waals surface area contributed by atoms with E-state index in [0.29, 0.717) is 41.5 Å². The number of ether oxygens (including phenoxy) is 2. The van der Waals surface area contributed by atoms with Crippen LogP contribution in [0.3, 0.4) is 0 Å². The van der Waals surface area contributed by atoms with E-state index in [2.05, 4.69) is 16.2 Å². The molecule has 0 aliphatic rings. The van der Waals surface area contributed by atoms with Crippen LogP contribution in [-0.2, 0) is 0 Å². The number of amides is 3. The second-order valence-electron chi connectivity index (χ2n) is 7.34. The molecular formula is C26H27N3O5. The van der Waals surface area contributed by atoms with Crippen LogP contribution in [0.4, 0.5) is 5.69 Å². The van der Waals surface area contributed by atoms with Gasteiger partial charge in [-0.25, -0.2) is 0 Å². The molecule has 0 saturated heterocycles. The van der Waals surface area contributed by atoms with Gasteiger partial charge in [0.1, 0.15) is 0 Å². The highest BCUT2D eigenvalue weighted by Gasteiger charge is 2.14. The Kier molecular flexibility index (Phi) is 8.23. The van der Waals surface area contributed by atoms with Gasteiger partial charge in [0.05, 0.1) is 13.2 Å². The fraction of sp³-hybridized carbons (Fsp3) is 0.192. The van der Waals surface area contributed by atoms with Gasteiger partial charge in [0.15, 0.2) is 11.5 Å². The third kappa shape index (κ3) is 6.35. The molecule has 176 valence electrons. The molecule has 0 unspecified atom stereocenters. The first kappa shape index (κ1) is 24.3. The number of hydrogen-bond donors (Lipinski definition) is 3. The summed E-state index contributed by atoms with van der Waals surface area (Å²) in [4.78, 5) is 37.5. The van der Waals surface area contributed by atoms with Crippen LogP contribution < -0.4 is 25.6 Å². The van der Waals surface area contributed by atoms with Crippen molar-refractivity contribution in [2.45, 2.75) is 20.8 Å². The van der Waals surface area contributed by atoms with Crippen LogP contribution in [0.1, 0.15) is 50.5 Å². The molecule has 3 aromatic rings. The van der Waals surface area contributed by atoms with Crippen LogP contribution >= 0.6 is 0 Å². The van der Waals surface area contributed by atoms with Crippen molar-refractivity contribution < 1.29 is 23.9 Å². The van der Waals surface area contributed by atoms with E-state index in [9.17, 15) is 14.4 Å². The highest BCUT2D eigenvalue weighted by atomic mass is 16.5. The van der Waals surface area contributed by atoms with Crippen molar-refractivity contribution >= 4 is 23.4 Å². The van der Waals surface area contributed by atoms with Gasteiger partial charge in [0.2, 0.25) is 0 Å². The summed E-state index contributed by atoms with van der Waals surface area (Å²) in [7, 11) is 0. The van der Waals surface area contributed by atoms with Crippen LogP contribution in [0, 0.1) is 6.92 Å². The van der Waals surface area contributed by atoms with E-state index in [4.69, 9.17) is 9.47 Å². The zero-order valence-electron chi connectivity index (χ0n) is 19.3. The molecule has 0 radical (unpaired) electrons. The van der Waals surface area contributed by atoms with E-state index in [1.165, 1.54) is 6.07 Å². The first-order valence-corrected chi connectivity index (χ1v) is 10.9. The van der Waals surface area contributed by atoms with Gasteiger partial charge in [0, 0.05) is 22.4 Å². The minimum Gasteiger partial charge on any atom is -0.490 e. The highest BCUT2D eigenvalue weighted by Crippen LogP contribution is 2.28. The second kappa shape index (κ2) is 11.5. The topological polar surface area (TPSA) is 106 Å². The number of hydrogen-bond acceptors (Lipinski definition) is 5. The van der Waals surface area contributed by atoms with E-state index in [0.717, 1.165) is 5.56 Å². The molecule has 0 atom stereocenters. The summed E-state index contributed by atoms with van der Waals surface area (Å²) in [5.41, 5.74) is 7.35. The van der Waals surface area contributed by atoms with E-state index < -0.39 is 11.8 Å². The van der Waals surface area contributed by atoms with Gasteiger partial charge in [-0.2, -0.15) is 0 Å². The lowest BCUT2D eigenvalue weighted by Gasteiger charge is -2.13. The number of carbonyl (C=O) groups is 3. The molecule has 0 aliphatic heterocycles. The van der Waals surface area contributed by atoms with E-state index >= 15 is 0 Å². The molecule has 0 heterocycles. The molecule has 0 saturated carbocycles. The zero-order chi connectivity index (χ0) is 24.5. The first-order valence-electron chi connectivity index (χ1n) is 10.9. The predicted octanol–water partition coefficient (Wildman–Crippen LogP) is 4.12. The summed E-state index contributed by atoms with van der Waals surface area (Å²) in [6, 6.07) is 18.4. The SMILES string of the molecule is CCOc1ccc(C(=O)NNC(=O)c2cccc(NC(=O)c3ccc(C)cc3)c2)cc1OCC. The van der Waals surface area contributed by atoms with Crippen molar-refractivity contribution in [2.24, 2.45) is 0 Å². The molecule has 0 fully saturated rings. The van der Waals surface area contributed by atoms with Crippen molar-refractivity contribution in [1.29, 1.82) is 0 Å². The standard InChI is InChI=1S/C26H27N3O5/c1-4-33-22-14-13-20(16-23(22)34-5-2)26(32)29-28-25(31)19-7-6-8-21(15-19)27-24(30)18-11-9-17(3)10-12-18/h6-16H,4-5H2,1-3H3,(H,27,30)(H,28,31)(H,29,32). The lowest BCUT2D eigenvalue weighted by molar-refractivity contribution is 0.0846. The fourth-order valence-electron chi connectivity index (χ4n) is 3.10. The molecule has 3 rings (SSSR count). The Morgan fingerprint density at radius 2 is 1.26 bits per heavy atom. The van der Waals surface area contributed by atoms with Gasteiger partial charge in [-0.3, -0.25) is 25.2 Å². The minimum atomic E-state index is -0.532. The Morgan fingerprint density at radius 3 is 1.91 bits per heavy atom. The van der Waals surface area contributed by atoms with E-state index in [-0.39, 0.29) is 11.5 Å². The Bertz CT molecular complexity index is 1180. The average molecular weight is 462 g/mol. The monoisotopic (exact) mass is 461 g/mol. The first-order chi connectivity index (χ1) is 16.4. The van der Waals surface area contributed by atoms with Crippen molar-refractivity contribution in [3.63, 3.8) is 0 Å². The Morgan fingerprint density at radius 1 is 0.676 bits per heavy atom. The third-order valence-corrected chi connectivity index (χ3v) is 4.79. The van der Waals surface area contributed by atoms with Gasteiger partial charge in [0.25, 0.3) is 17.7 Å². The smallest absolute Gasteiger partial charge is 0.269 e. The number of anilines is 1. The molecular weight excluding hydrogens is 434 g/mol. The van der Waals surface area contributed by atoms with E-state index in [1.54, 1.807) is 48.5 Å². The number of carbonyl (C=O) groups excluding carboxylic acids is 3. The number of rotatable bonds is 8. The van der Waals surface area contributed by atoms with Crippen LogP contribution in [0.25, 0.3) is 0 Å². The summed E-state index contributed by atoms with van der Waals surface area (Å²) in [5, 5.41) is 2.77. The van der Waals surface area contributed by atoms with Gasteiger partial charge in [-0.15, -0.1) is 0 Å². The average Bonchev–Trinajstić information content (AvgIpc) is 2.84. The predicted molar refractivity (Wildman–Crippen MR) is 129 cm³/mol. The van der Waals surface area contributed by atoms with Crippen molar-refractivity contribution in [1.82, 2.24) is 10.9 Å². The molecule has 0 aliphatic carbocycles. The Labute approximate surface area is 198 Å². The molecule has 3 amide bonds. The Hall–Kier alpha value is -4.33. The molecule has 34 heavy (non-hydrogen) atoms. The summed E-state index contributed by atoms with van der Waals surface area (Å²) in [6.45, 7) is 6.51. The molecule has 3 N–H and O–H groups in total. The van der Waals surface area contributed by atoms with Crippen molar-refractivity contribution in [3.8, 4) is 11.5 Å². The normalized spacial score (nSPS) is 10.2. The lowest BCUT2D eigenvalue weighted by Crippen LogP contribution is -2.41. The Balaban J connectivity index is 1.62. The molecule has 8 heteroatoms. The van der Waals surface area contributed by atoms with Crippen molar-refractivity contribution in [3.05, 3.63) is 89.0 Å². The molecule has 0 bridgehead atoms. The largest absolute Gasteiger partial charge is 0.490 e. The minimum absolute atomic E-state index is 0.267. The summed E-state index contributed by atoms with van der Waals surface area (Å²) >= 11 is 0. The maximum absolute atomic E-state index is 12.6. The maximum atomic E-state index is 12.6. The summed E-state index contributed by atoms with van der Waals surface area (Å²) in [5.74, 6) is -0.349. The fourth-order valence-corrected chi connectivity index (χ4v) is 3.10. The highest BCUT2D eigenvalue weighted by molar-refractivity contribution is 6.05. The maximum Gasteiger partial charge on any atom is 0.269 e. The number of benzene rings is 3. The van der Waals surface area contributed by atoms with Crippen LogP contribution in [0.2, 0.25) is 0 Å². The molecule has 3 aromatic carbocycles. The van der Waals surface area contributed by atoms with Crippen molar-refractivity contribution in [2.75, 3.05) is 18.5 Å². The zero-order valence-corrected chi connectivity index (χ0v) is 19.3. The quantitative estimate of drug-likeness (QED) is 0.438. The number of hydrazine groups is 1. The lowest BCUT2D eigenvalue weighted by atomic mass is 10.1. The molecule has 0 aromatic heterocycles. The summed E-state index contributed by atoms with van der Waals surface area (Å²) < 4.78 is 11.0. The number of nitrogens with one attached hydrogen (secondary N) is 3. The van der Waals surface area contributed by atoms with E-state index in [1.807, 2.05) is 32.9 Å². The van der Waals surface area contributed by atoms with Crippen LogP contribution in [0.5, 0.6) is 11.5 Å². The van der Waals surface area contributed by atoms with Gasteiger partial charge in [-0.05, 0) is 69.3 Å². The third-order valence-electron chi connectivity index (χ3n) is 4.79. The molecule has 8 nitrogen and oxygen atoms in total. The van der Waals surface area contributed by atoms with Gasteiger partial charge in [-0.1, -0.05) is 23.8 Å². The van der Waals surface area contributed by atoms with Gasteiger partial charge < -0.3 is 14.8 Å². The van der Waals surface area contributed by atoms with Gasteiger partial charge >= 0.3 is 0 Å². The van der Waals surface area contributed by atoms with Crippen LogP contribution in [0.15, 0.2) is 66.7 Å². The summed E-state index contributed by atoms with van der Waals surface area (Å²) in [6.07, 6.45) is 0. The second-order valence-corrected chi connectivity index (χ2v) is 7.34.